The molecule has 1 saturated carbocycles. The van der Waals surface area contributed by atoms with Crippen molar-refractivity contribution in [2.75, 3.05) is 5.88 Å². The molecule has 20 heavy (non-hydrogen) atoms. The Bertz CT molecular complexity index is 608. The number of hydrogen-bond donors (Lipinski definition) is 0. The van der Waals surface area contributed by atoms with E-state index in [0.717, 1.165) is 23.8 Å². The first-order valence-corrected chi connectivity index (χ1v) is 7.93. The van der Waals surface area contributed by atoms with Gasteiger partial charge in [-0.15, -0.1) is 11.6 Å². The van der Waals surface area contributed by atoms with E-state index in [-0.39, 0.29) is 5.82 Å². The second-order valence-corrected chi connectivity index (χ2v) is 6.23. The molecule has 2 aromatic rings. The fourth-order valence-corrected chi connectivity index (χ4v) is 3.54. The second-order valence-electron chi connectivity index (χ2n) is 5.85. The Kier molecular flexibility index (Phi) is 3.97. The normalized spacial score (nSPS) is 22.8. The van der Waals surface area contributed by atoms with Crippen LogP contribution in [0.15, 0.2) is 18.2 Å². The zero-order valence-electron chi connectivity index (χ0n) is 11.8. The van der Waals surface area contributed by atoms with Gasteiger partial charge in [0, 0.05) is 18.8 Å². The van der Waals surface area contributed by atoms with Gasteiger partial charge in [0.1, 0.15) is 11.3 Å². The largest absolute Gasteiger partial charge is 0.328 e. The molecular weight excluding hydrogens is 275 g/mol. The first-order chi connectivity index (χ1) is 9.70. The van der Waals surface area contributed by atoms with Crippen LogP contribution in [0.5, 0.6) is 0 Å². The first kappa shape index (κ1) is 13.9. The van der Waals surface area contributed by atoms with Gasteiger partial charge >= 0.3 is 0 Å². The molecule has 1 fully saturated rings. The smallest absolute Gasteiger partial charge is 0.151 e. The highest BCUT2D eigenvalue weighted by Gasteiger charge is 2.25. The molecule has 108 valence electrons. The van der Waals surface area contributed by atoms with Crippen molar-refractivity contribution < 1.29 is 4.39 Å². The van der Waals surface area contributed by atoms with Gasteiger partial charge in [0.25, 0.3) is 0 Å². The Hall–Kier alpha value is -1.09. The van der Waals surface area contributed by atoms with Crippen LogP contribution in [0.4, 0.5) is 4.39 Å². The standard InChI is InChI=1S/C16H20ClFN2/c1-11-4-2-5-12(11)10-20-14-7-3-6-13(18)16(14)19-15(20)8-9-17/h3,6-7,11-12H,2,4-5,8-10H2,1H3. The molecule has 1 aliphatic carbocycles. The lowest BCUT2D eigenvalue weighted by Gasteiger charge is -2.18. The van der Waals surface area contributed by atoms with Gasteiger partial charge in [-0.3, -0.25) is 0 Å². The highest BCUT2D eigenvalue weighted by atomic mass is 35.5. The van der Waals surface area contributed by atoms with Gasteiger partial charge < -0.3 is 4.57 Å². The van der Waals surface area contributed by atoms with Crippen LogP contribution in [0.3, 0.4) is 0 Å². The molecule has 0 spiro atoms. The summed E-state index contributed by atoms with van der Waals surface area (Å²) in [5.74, 6) is 2.61. The van der Waals surface area contributed by atoms with E-state index in [1.54, 1.807) is 6.07 Å². The van der Waals surface area contributed by atoms with Crippen molar-refractivity contribution in [2.45, 2.75) is 39.2 Å². The summed E-state index contributed by atoms with van der Waals surface area (Å²) in [5, 5.41) is 0. The molecule has 0 radical (unpaired) electrons. The number of hydrogen-bond acceptors (Lipinski definition) is 1. The summed E-state index contributed by atoms with van der Waals surface area (Å²) in [5.41, 5.74) is 1.39. The molecule has 3 rings (SSSR count). The van der Waals surface area contributed by atoms with E-state index in [1.807, 2.05) is 6.07 Å². The van der Waals surface area contributed by atoms with E-state index in [4.69, 9.17) is 11.6 Å². The molecule has 0 bridgehead atoms. The Morgan fingerprint density at radius 3 is 2.95 bits per heavy atom. The van der Waals surface area contributed by atoms with Crippen LogP contribution in [-0.4, -0.2) is 15.4 Å². The van der Waals surface area contributed by atoms with E-state index < -0.39 is 0 Å². The first-order valence-electron chi connectivity index (χ1n) is 7.40. The molecule has 1 heterocycles. The van der Waals surface area contributed by atoms with E-state index >= 15 is 0 Å². The molecule has 0 amide bonds. The van der Waals surface area contributed by atoms with Gasteiger partial charge in [-0.1, -0.05) is 25.8 Å². The van der Waals surface area contributed by atoms with Crippen molar-refractivity contribution in [3.8, 4) is 0 Å². The monoisotopic (exact) mass is 294 g/mol. The minimum atomic E-state index is -0.239. The van der Waals surface area contributed by atoms with Crippen molar-refractivity contribution in [1.82, 2.24) is 9.55 Å². The third-order valence-corrected chi connectivity index (χ3v) is 4.77. The summed E-state index contributed by atoms with van der Waals surface area (Å²) in [7, 11) is 0. The van der Waals surface area contributed by atoms with E-state index in [9.17, 15) is 4.39 Å². The van der Waals surface area contributed by atoms with Gasteiger partial charge in [0.2, 0.25) is 0 Å². The molecule has 0 saturated heterocycles. The van der Waals surface area contributed by atoms with Crippen LogP contribution >= 0.6 is 11.6 Å². The van der Waals surface area contributed by atoms with Gasteiger partial charge in [-0.05, 0) is 30.4 Å². The number of halogens is 2. The van der Waals surface area contributed by atoms with Gasteiger partial charge in [0.15, 0.2) is 5.82 Å². The number of fused-ring (bicyclic) bond motifs is 1. The number of alkyl halides is 1. The van der Waals surface area contributed by atoms with Crippen molar-refractivity contribution in [3.63, 3.8) is 0 Å². The Balaban J connectivity index is 2.02. The van der Waals surface area contributed by atoms with Gasteiger partial charge in [-0.2, -0.15) is 0 Å². The molecule has 2 nitrogen and oxygen atoms in total. The lowest BCUT2D eigenvalue weighted by atomic mass is 9.98. The van der Waals surface area contributed by atoms with Gasteiger partial charge in [-0.25, -0.2) is 9.37 Å². The summed E-state index contributed by atoms with van der Waals surface area (Å²) in [4.78, 5) is 4.47. The molecular formula is C16H20ClFN2. The number of imidazole rings is 1. The van der Waals surface area contributed by atoms with Gasteiger partial charge in [0.05, 0.1) is 5.52 Å². The van der Waals surface area contributed by atoms with Crippen LogP contribution < -0.4 is 0 Å². The average Bonchev–Trinajstić information content (AvgIpc) is 2.98. The molecule has 1 aromatic carbocycles. The third-order valence-electron chi connectivity index (χ3n) is 4.58. The lowest BCUT2D eigenvalue weighted by Crippen LogP contribution is -2.15. The van der Waals surface area contributed by atoms with Crippen molar-refractivity contribution in [1.29, 1.82) is 0 Å². The van der Waals surface area contributed by atoms with Crippen LogP contribution in [0.1, 0.15) is 32.0 Å². The zero-order valence-corrected chi connectivity index (χ0v) is 12.5. The molecule has 2 atom stereocenters. The van der Waals surface area contributed by atoms with Crippen molar-refractivity contribution in [2.24, 2.45) is 11.8 Å². The van der Waals surface area contributed by atoms with Crippen molar-refractivity contribution in [3.05, 3.63) is 29.8 Å². The van der Waals surface area contributed by atoms with E-state index in [0.29, 0.717) is 23.7 Å². The summed E-state index contributed by atoms with van der Waals surface area (Å²) in [6.45, 7) is 3.26. The zero-order chi connectivity index (χ0) is 14.1. The number of rotatable bonds is 4. The predicted molar refractivity (Wildman–Crippen MR) is 80.6 cm³/mol. The van der Waals surface area contributed by atoms with Crippen LogP contribution in [0, 0.1) is 17.7 Å². The highest BCUT2D eigenvalue weighted by Crippen LogP contribution is 2.33. The average molecular weight is 295 g/mol. The highest BCUT2D eigenvalue weighted by molar-refractivity contribution is 6.17. The predicted octanol–water partition coefficient (Wildman–Crippen LogP) is 4.39. The summed E-state index contributed by atoms with van der Waals surface area (Å²) < 4.78 is 16.1. The molecule has 1 aromatic heterocycles. The molecule has 0 aliphatic heterocycles. The maximum absolute atomic E-state index is 13.9. The van der Waals surface area contributed by atoms with E-state index in [2.05, 4.69) is 16.5 Å². The van der Waals surface area contributed by atoms with Crippen LogP contribution in [0.2, 0.25) is 0 Å². The number of aromatic nitrogens is 2. The maximum atomic E-state index is 13.9. The molecule has 4 heteroatoms. The molecule has 0 N–H and O–H groups in total. The minimum absolute atomic E-state index is 0.239. The van der Waals surface area contributed by atoms with E-state index in [1.165, 1.54) is 25.3 Å². The topological polar surface area (TPSA) is 17.8 Å². The Morgan fingerprint density at radius 2 is 2.25 bits per heavy atom. The number of aryl methyl sites for hydroxylation is 1. The number of para-hydroxylation sites is 1. The quantitative estimate of drug-likeness (QED) is 0.765. The fraction of sp³-hybridized carbons (Fsp3) is 0.562. The number of nitrogens with zero attached hydrogens (tertiary/aromatic N) is 2. The SMILES string of the molecule is CC1CCCC1Cn1c(CCCl)nc2c(F)cccc21. The number of benzene rings is 1. The lowest BCUT2D eigenvalue weighted by molar-refractivity contribution is 0.363. The van der Waals surface area contributed by atoms with Crippen LogP contribution in [0.25, 0.3) is 11.0 Å². The Labute approximate surface area is 123 Å². The minimum Gasteiger partial charge on any atom is -0.328 e. The Morgan fingerprint density at radius 1 is 1.40 bits per heavy atom. The molecule has 1 aliphatic rings. The summed E-state index contributed by atoms with van der Waals surface area (Å²) in [6.07, 6.45) is 4.56. The molecule has 2 unspecified atom stereocenters. The fourth-order valence-electron chi connectivity index (χ4n) is 3.37. The summed E-state index contributed by atoms with van der Waals surface area (Å²) >= 11 is 5.87. The summed E-state index contributed by atoms with van der Waals surface area (Å²) in [6, 6.07) is 5.20. The second kappa shape index (κ2) is 5.72. The maximum Gasteiger partial charge on any atom is 0.151 e. The van der Waals surface area contributed by atoms with Crippen LogP contribution in [-0.2, 0) is 13.0 Å². The third kappa shape index (κ3) is 2.44. The van der Waals surface area contributed by atoms with Crippen molar-refractivity contribution >= 4 is 22.6 Å².